The van der Waals surface area contributed by atoms with Crippen molar-refractivity contribution >= 4 is 11.5 Å². The first-order valence-corrected chi connectivity index (χ1v) is 4.45. The zero-order valence-electron chi connectivity index (χ0n) is 9.01. The fourth-order valence-corrected chi connectivity index (χ4v) is 1.01. The van der Waals surface area contributed by atoms with E-state index in [9.17, 15) is 0 Å². The Labute approximate surface area is 92.2 Å². The van der Waals surface area contributed by atoms with Crippen LogP contribution in [0.1, 0.15) is 20.8 Å². The lowest BCUT2D eigenvalue weighted by Crippen LogP contribution is -2.05. The highest BCUT2D eigenvalue weighted by molar-refractivity contribution is 5.84. The van der Waals surface area contributed by atoms with Crippen molar-refractivity contribution in [2.24, 2.45) is 10.7 Å². The van der Waals surface area contributed by atoms with E-state index in [4.69, 9.17) is 5.73 Å². The van der Waals surface area contributed by atoms with Crippen molar-refractivity contribution in [2.75, 3.05) is 0 Å². The SMILES string of the molecule is C#C.C/C=C(\N=C(C)N)c1ccncc1.[HH]. The summed E-state index contributed by atoms with van der Waals surface area (Å²) in [5.74, 6) is 0.560. The Hall–Kier alpha value is -2.08. The van der Waals surface area contributed by atoms with Gasteiger partial charge < -0.3 is 5.73 Å². The molecule has 0 unspecified atom stereocenters. The van der Waals surface area contributed by atoms with Crippen molar-refractivity contribution in [1.29, 1.82) is 0 Å². The molecule has 3 nitrogen and oxygen atoms in total. The number of hydrogen-bond acceptors (Lipinski definition) is 2. The first-order valence-electron chi connectivity index (χ1n) is 4.45. The highest BCUT2D eigenvalue weighted by atomic mass is 14.9. The van der Waals surface area contributed by atoms with Crippen molar-refractivity contribution in [1.82, 2.24) is 4.98 Å². The lowest BCUT2D eigenvalue weighted by molar-refractivity contribution is 1.30. The smallest absolute Gasteiger partial charge is 0.0965 e. The van der Waals surface area contributed by atoms with E-state index in [0.717, 1.165) is 11.3 Å². The normalized spacial score (nSPS) is 11.5. The van der Waals surface area contributed by atoms with Gasteiger partial charge in [-0.1, -0.05) is 6.08 Å². The van der Waals surface area contributed by atoms with Crippen LogP contribution in [-0.4, -0.2) is 10.8 Å². The number of aromatic nitrogens is 1. The summed E-state index contributed by atoms with van der Waals surface area (Å²) in [6, 6.07) is 3.81. The van der Waals surface area contributed by atoms with Crippen LogP contribution in [0.2, 0.25) is 0 Å². The molecule has 0 amide bonds. The Morgan fingerprint density at radius 3 is 2.40 bits per heavy atom. The summed E-state index contributed by atoms with van der Waals surface area (Å²) in [4.78, 5) is 8.13. The predicted molar refractivity (Wildman–Crippen MR) is 67.2 cm³/mol. The van der Waals surface area contributed by atoms with E-state index in [1.54, 1.807) is 19.3 Å². The van der Waals surface area contributed by atoms with Gasteiger partial charge in [0.1, 0.15) is 0 Å². The third-order valence-corrected chi connectivity index (χ3v) is 1.55. The third-order valence-electron chi connectivity index (χ3n) is 1.55. The molecule has 1 aromatic rings. The van der Waals surface area contributed by atoms with Gasteiger partial charge in [-0.2, -0.15) is 0 Å². The molecule has 2 N–H and O–H groups in total. The standard InChI is InChI=1S/C10H13N3.C2H2.H2/c1-3-10(13-8(2)11)9-4-6-12-7-5-9;1-2;/h3-7H,1-2H3,(H2,11,13);1-2H;1H/b10-3-;;. The molecule has 0 atom stereocenters. The van der Waals surface area contributed by atoms with Crippen molar-refractivity contribution < 1.29 is 1.43 Å². The zero-order chi connectivity index (χ0) is 11.7. The van der Waals surface area contributed by atoms with Crippen molar-refractivity contribution in [3.63, 3.8) is 0 Å². The first kappa shape index (κ1) is 12.9. The van der Waals surface area contributed by atoms with E-state index in [1.807, 2.05) is 25.1 Å². The van der Waals surface area contributed by atoms with Crippen LogP contribution < -0.4 is 5.73 Å². The second-order valence-corrected chi connectivity index (χ2v) is 2.66. The molecule has 0 spiro atoms. The summed E-state index contributed by atoms with van der Waals surface area (Å²) in [5, 5.41) is 0. The second kappa shape index (κ2) is 7.34. The number of pyridine rings is 1. The second-order valence-electron chi connectivity index (χ2n) is 2.66. The number of allylic oxidation sites excluding steroid dienone is 1. The Kier molecular flexibility index (Phi) is 6.32. The molecule has 0 aliphatic rings. The molecular weight excluding hydrogens is 186 g/mol. The van der Waals surface area contributed by atoms with E-state index in [-0.39, 0.29) is 1.43 Å². The van der Waals surface area contributed by atoms with Gasteiger partial charge in [-0.05, 0) is 26.0 Å². The fourth-order valence-electron chi connectivity index (χ4n) is 1.01. The largest absolute Gasteiger partial charge is 0.387 e. The van der Waals surface area contributed by atoms with Gasteiger partial charge in [0.25, 0.3) is 0 Å². The summed E-state index contributed by atoms with van der Waals surface area (Å²) < 4.78 is 0. The lowest BCUT2D eigenvalue weighted by Gasteiger charge is -2.00. The van der Waals surface area contributed by atoms with Crippen LogP contribution in [-0.2, 0) is 0 Å². The quantitative estimate of drug-likeness (QED) is 0.455. The summed E-state index contributed by atoms with van der Waals surface area (Å²) in [7, 11) is 0. The Balaban J connectivity index is 0. The Morgan fingerprint density at radius 1 is 1.47 bits per heavy atom. The lowest BCUT2D eigenvalue weighted by atomic mass is 10.2. The number of nitrogens with two attached hydrogens (primary N) is 1. The van der Waals surface area contributed by atoms with E-state index < -0.39 is 0 Å². The number of hydrogen-bond donors (Lipinski definition) is 1. The van der Waals surface area contributed by atoms with Gasteiger partial charge in [-0.25, -0.2) is 4.99 Å². The van der Waals surface area contributed by atoms with Crippen LogP contribution in [0.15, 0.2) is 35.6 Å². The summed E-state index contributed by atoms with van der Waals surface area (Å²) in [6.07, 6.45) is 13.4. The molecule has 0 aromatic carbocycles. The molecule has 0 fully saturated rings. The zero-order valence-corrected chi connectivity index (χ0v) is 9.01. The summed E-state index contributed by atoms with van der Waals surface area (Å²) in [6.45, 7) is 3.70. The van der Waals surface area contributed by atoms with E-state index in [2.05, 4.69) is 22.8 Å². The van der Waals surface area contributed by atoms with Gasteiger partial charge in [0.05, 0.1) is 11.5 Å². The molecule has 1 heterocycles. The maximum atomic E-state index is 5.50. The van der Waals surface area contributed by atoms with Gasteiger partial charge in [0, 0.05) is 19.4 Å². The number of nitrogens with zero attached hydrogens (tertiary/aromatic N) is 2. The van der Waals surface area contributed by atoms with Crippen molar-refractivity contribution in [2.45, 2.75) is 13.8 Å². The number of terminal acetylenes is 1. The highest BCUT2D eigenvalue weighted by Gasteiger charge is 1.96. The highest BCUT2D eigenvalue weighted by Crippen LogP contribution is 2.13. The molecule has 0 aliphatic carbocycles. The van der Waals surface area contributed by atoms with Crippen LogP contribution in [0, 0.1) is 12.8 Å². The summed E-state index contributed by atoms with van der Waals surface area (Å²) >= 11 is 0. The van der Waals surface area contributed by atoms with Gasteiger partial charge in [-0.3, -0.25) is 4.98 Å². The van der Waals surface area contributed by atoms with Crippen LogP contribution in [0.5, 0.6) is 0 Å². The average Bonchev–Trinajstić information content (AvgIpc) is 2.29. The number of amidine groups is 1. The van der Waals surface area contributed by atoms with Crippen LogP contribution in [0.25, 0.3) is 5.70 Å². The molecule has 1 aromatic heterocycles. The van der Waals surface area contributed by atoms with Gasteiger partial charge in [-0.15, -0.1) is 12.8 Å². The third kappa shape index (κ3) is 4.63. The minimum absolute atomic E-state index is 0. The first-order chi connectivity index (χ1) is 7.24. The average molecular weight is 203 g/mol. The maximum absolute atomic E-state index is 5.50. The molecule has 3 heteroatoms. The molecule has 80 valence electrons. The van der Waals surface area contributed by atoms with E-state index >= 15 is 0 Å². The molecule has 0 radical (unpaired) electrons. The molecule has 0 saturated heterocycles. The van der Waals surface area contributed by atoms with E-state index in [1.165, 1.54) is 0 Å². The minimum Gasteiger partial charge on any atom is -0.387 e. The van der Waals surface area contributed by atoms with Crippen molar-refractivity contribution in [3.05, 3.63) is 36.2 Å². The van der Waals surface area contributed by atoms with Crippen LogP contribution >= 0.6 is 0 Å². The van der Waals surface area contributed by atoms with Crippen molar-refractivity contribution in [3.8, 4) is 12.8 Å². The monoisotopic (exact) mass is 203 g/mol. The van der Waals surface area contributed by atoms with Crippen LogP contribution in [0.3, 0.4) is 0 Å². The predicted octanol–water partition coefficient (Wildman–Crippen LogP) is 2.31. The molecule has 1 rings (SSSR count). The Morgan fingerprint density at radius 2 is 2.00 bits per heavy atom. The topological polar surface area (TPSA) is 51.3 Å². The van der Waals surface area contributed by atoms with Gasteiger partial charge in [0.15, 0.2) is 0 Å². The number of rotatable bonds is 2. The summed E-state index contributed by atoms with van der Waals surface area (Å²) in [5.41, 5.74) is 7.41. The molecule has 15 heavy (non-hydrogen) atoms. The Bertz CT molecular complexity index is 362. The molecule has 0 aliphatic heterocycles. The maximum Gasteiger partial charge on any atom is 0.0965 e. The van der Waals surface area contributed by atoms with Crippen LogP contribution in [0.4, 0.5) is 0 Å². The number of aliphatic imine (C=N–C) groups is 1. The molecule has 0 saturated carbocycles. The minimum atomic E-state index is 0. The van der Waals surface area contributed by atoms with Gasteiger partial charge in [0.2, 0.25) is 0 Å². The molecule has 0 bridgehead atoms. The van der Waals surface area contributed by atoms with Gasteiger partial charge >= 0.3 is 0 Å². The molecular formula is C12H17N3. The van der Waals surface area contributed by atoms with E-state index in [0.29, 0.717) is 5.84 Å². The fraction of sp³-hybridized carbons (Fsp3) is 0.167.